The number of aliphatic hydroxyl groups is 1. The fraction of sp³-hybridized carbons (Fsp3) is 0.471. The number of anilines is 1. The van der Waals surface area contributed by atoms with Gasteiger partial charge in [-0.2, -0.15) is 0 Å². The third-order valence-electron chi connectivity index (χ3n) is 4.76. The summed E-state index contributed by atoms with van der Waals surface area (Å²) >= 11 is 0. The average Bonchev–Trinajstić information content (AvgIpc) is 2.90. The van der Waals surface area contributed by atoms with E-state index in [1.165, 1.54) is 24.3 Å². The van der Waals surface area contributed by atoms with Gasteiger partial charge in [0, 0.05) is 32.7 Å². The molecule has 8 heteroatoms. The molecule has 2 saturated heterocycles. The van der Waals surface area contributed by atoms with Crippen LogP contribution in [-0.4, -0.2) is 83.2 Å². The van der Waals surface area contributed by atoms with Crippen molar-refractivity contribution < 1.29 is 24.6 Å². The first-order valence-corrected chi connectivity index (χ1v) is 8.28. The zero-order valence-corrected chi connectivity index (χ0v) is 13.8. The van der Waals surface area contributed by atoms with Crippen molar-refractivity contribution in [3.63, 3.8) is 0 Å². The number of benzene rings is 1. The number of carbonyl (C=O) groups excluding carboxylic acids is 2. The van der Waals surface area contributed by atoms with Crippen LogP contribution in [0.5, 0.6) is 0 Å². The van der Waals surface area contributed by atoms with Gasteiger partial charge >= 0.3 is 5.97 Å². The van der Waals surface area contributed by atoms with E-state index >= 15 is 0 Å². The number of carboxylic acid groups (broad SMARTS) is 1. The molecular formula is C17H21N3O5. The lowest BCUT2D eigenvalue weighted by Crippen LogP contribution is -2.52. The number of amides is 2. The number of β-amino-alcohol motifs (C(OH)–C–C–N with tert-alkyl or cyclic N) is 1. The lowest BCUT2D eigenvalue weighted by Gasteiger charge is -2.36. The van der Waals surface area contributed by atoms with Crippen LogP contribution in [0.3, 0.4) is 0 Å². The van der Waals surface area contributed by atoms with E-state index in [1.807, 2.05) is 4.90 Å². The molecule has 0 spiro atoms. The minimum absolute atomic E-state index is 0.111. The fourth-order valence-corrected chi connectivity index (χ4v) is 3.37. The van der Waals surface area contributed by atoms with Crippen LogP contribution in [0.4, 0.5) is 5.69 Å². The van der Waals surface area contributed by atoms with Gasteiger partial charge in [0.05, 0.1) is 30.3 Å². The first-order valence-electron chi connectivity index (χ1n) is 8.28. The van der Waals surface area contributed by atoms with Crippen LogP contribution in [0, 0.1) is 0 Å². The quantitative estimate of drug-likeness (QED) is 0.701. The van der Waals surface area contributed by atoms with E-state index in [-0.39, 0.29) is 30.4 Å². The first-order chi connectivity index (χ1) is 12.0. The lowest BCUT2D eigenvalue weighted by molar-refractivity contribution is -0.123. The SMILES string of the molecule is O=C(O)c1ccc(N2C(=O)C[C@@H](N3CCN(CCO)CC3)C2=O)cc1. The second-order valence-corrected chi connectivity index (χ2v) is 6.24. The van der Waals surface area contributed by atoms with Crippen LogP contribution >= 0.6 is 0 Å². The summed E-state index contributed by atoms with van der Waals surface area (Å²) in [5.74, 6) is -1.58. The smallest absolute Gasteiger partial charge is 0.335 e. The van der Waals surface area contributed by atoms with Crippen LogP contribution in [0.2, 0.25) is 0 Å². The molecule has 1 aromatic rings. The van der Waals surface area contributed by atoms with E-state index in [0.29, 0.717) is 25.3 Å². The monoisotopic (exact) mass is 347 g/mol. The molecule has 2 N–H and O–H groups in total. The number of carbonyl (C=O) groups is 3. The number of piperazine rings is 1. The van der Waals surface area contributed by atoms with Crippen LogP contribution < -0.4 is 4.90 Å². The number of nitrogens with zero attached hydrogens (tertiary/aromatic N) is 3. The molecule has 0 bridgehead atoms. The summed E-state index contributed by atoms with van der Waals surface area (Å²) in [6, 6.07) is 5.28. The Morgan fingerprint density at radius 1 is 1.08 bits per heavy atom. The molecule has 0 radical (unpaired) electrons. The van der Waals surface area contributed by atoms with Crippen LogP contribution in [0.15, 0.2) is 24.3 Å². The zero-order chi connectivity index (χ0) is 18.0. The second-order valence-electron chi connectivity index (χ2n) is 6.24. The number of aromatic carboxylic acids is 1. The highest BCUT2D eigenvalue weighted by molar-refractivity contribution is 6.22. The normalized spacial score (nSPS) is 22.6. The Morgan fingerprint density at radius 2 is 1.72 bits per heavy atom. The minimum Gasteiger partial charge on any atom is -0.478 e. The van der Waals surface area contributed by atoms with E-state index in [1.54, 1.807) is 0 Å². The summed E-state index contributed by atoms with van der Waals surface area (Å²) in [6.07, 6.45) is 0.138. The highest BCUT2D eigenvalue weighted by Gasteiger charge is 2.43. The molecule has 2 amide bonds. The Labute approximate surface area is 145 Å². The van der Waals surface area contributed by atoms with Gasteiger partial charge in [0.2, 0.25) is 5.91 Å². The van der Waals surface area contributed by atoms with Gasteiger partial charge in [0.15, 0.2) is 0 Å². The maximum atomic E-state index is 12.7. The predicted molar refractivity (Wildman–Crippen MR) is 89.4 cm³/mol. The molecule has 0 aliphatic carbocycles. The predicted octanol–water partition coefficient (Wildman–Crippen LogP) is -0.373. The van der Waals surface area contributed by atoms with Crippen molar-refractivity contribution in [2.24, 2.45) is 0 Å². The van der Waals surface area contributed by atoms with Crippen molar-refractivity contribution in [3.05, 3.63) is 29.8 Å². The Kier molecular flexibility index (Phi) is 5.12. The molecule has 2 heterocycles. The van der Waals surface area contributed by atoms with Crippen molar-refractivity contribution in [2.75, 3.05) is 44.2 Å². The Balaban J connectivity index is 1.69. The molecule has 3 rings (SSSR count). The van der Waals surface area contributed by atoms with Crippen LogP contribution in [0.25, 0.3) is 0 Å². The van der Waals surface area contributed by atoms with E-state index < -0.39 is 12.0 Å². The number of hydrogen-bond donors (Lipinski definition) is 2. The van der Waals surface area contributed by atoms with Gasteiger partial charge in [-0.15, -0.1) is 0 Å². The molecule has 1 aromatic carbocycles. The molecule has 0 aromatic heterocycles. The van der Waals surface area contributed by atoms with E-state index in [0.717, 1.165) is 18.0 Å². The van der Waals surface area contributed by atoms with Crippen LogP contribution in [-0.2, 0) is 9.59 Å². The Hall–Kier alpha value is -2.29. The zero-order valence-electron chi connectivity index (χ0n) is 13.8. The van der Waals surface area contributed by atoms with Crippen molar-refractivity contribution in [2.45, 2.75) is 12.5 Å². The van der Waals surface area contributed by atoms with Crippen molar-refractivity contribution in [3.8, 4) is 0 Å². The van der Waals surface area contributed by atoms with E-state index in [2.05, 4.69) is 4.90 Å². The molecule has 134 valence electrons. The van der Waals surface area contributed by atoms with Crippen LogP contribution in [0.1, 0.15) is 16.8 Å². The summed E-state index contributed by atoms with van der Waals surface area (Å²) in [4.78, 5) is 41.3. The summed E-state index contributed by atoms with van der Waals surface area (Å²) < 4.78 is 0. The number of hydrogen-bond acceptors (Lipinski definition) is 6. The van der Waals surface area contributed by atoms with E-state index in [9.17, 15) is 14.4 Å². The molecule has 0 unspecified atom stereocenters. The summed E-state index contributed by atoms with van der Waals surface area (Å²) in [5, 5.41) is 17.9. The van der Waals surface area contributed by atoms with Gasteiger partial charge in [-0.1, -0.05) is 0 Å². The minimum atomic E-state index is -1.05. The van der Waals surface area contributed by atoms with Gasteiger partial charge in [-0.25, -0.2) is 9.69 Å². The maximum Gasteiger partial charge on any atom is 0.335 e. The van der Waals surface area contributed by atoms with Crippen molar-refractivity contribution >= 4 is 23.5 Å². The highest BCUT2D eigenvalue weighted by Crippen LogP contribution is 2.26. The van der Waals surface area contributed by atoms with Gasteiger partial charge in [-0.3, -0.25) is 19.4 Å². The molecule has 2 aliphatic heterocycles. The molecule has 8 nitrogen and oxygen atoms in total. The van der Waals surface area contributed by atoms with Crippen molar-refractivity contribution in [1.29, 1.82) is 0 Å². The van der Waals surface area contributed by atoms with Gasteiger partial charge in [0.1, 0.15) is 0 Å². The molecule has 25 heavy (non-hydrogen) atoms. The maximum absolute atomic E-state index is 12.7. The fourth-order valence-electron chi connectivity index (χ4n) is 3.37. The summed E-state index contributed by atoms with van der Waals surface area (Å²) in [7, 11) is 0. The lowest BCUT2D eigenvalue weighted by atomic mass is 10.1. The average molecular weight is 347 g/mol. The number of aliphatic hydroxyl groups excluding tert-OH is 1. The second kappa shape index (κ2) is 7.30. The summed E-state index contributed by atoms with van der Waals surface area (Å²) in [5.41, 5.74) is 0.515. The summed E-state index contributed by atoms with van der Waals surface area (Å²) in [6.45, 7) is 3.59. The topological polar surface area (TPSA) is 101 Å². The first kappa shape index (κ1) is 17.5. The third kappa shape index (κ3) is 3.55. The number of imide groups is 1. The number of carboxylic acids is 1. The largest absolute Gasteiger partial charge is 0.478 e. The third-order valence-corrected chi connectivity index (χ3v) is 4.76. The molecule has 1 atom stereocenters. The molecular weight excluding hydrogens is 326 g/mol. The molecule has 0 saturated carbocycles. The highest BCUT2D eigenvalue weighted by atomic mass is 16.4. The van der Waals surface area contributed by atoms with E-state index in [4.69, 9.17) is 10.2 Å². The molecule has 2 aliphatic rings. The van der Waals surface area contributed by atoms with Gasteiger partial charge < -0.3 is 10.2 Å². The van der Waals surface area contributed by atoms with Gasteiger partial charge in [0.25, 0.3) is 5.91 Å². The Bertz CT molecular complexity index is 667. The molecule has 2 fully saturated rings. The standard InChI is InChI=1S/C17H21N3O5/c21-10-9-18-5-7-19(8-6-18)14-11-15(22)20(16(14)23)13-3-1-12(2-4-13)17(24)25/h1-4,14,21H,5-11H2,(H,24,25)/t14-/m1/s1. The van der Waals surface area contributed by atoms with Crippen molar-refractivity contribution in [1.82, 2.24) is 9.80 Å². The van der Waals surface area contributed by atoms with Gasteiger partial charge in [-0.05, 0) is 24.3 Å². The Morgan fingerprint density at radius 3 is 2.28 bits per heavy atom. The number of rotatable bonds is 5.